The van der Waals surface area contributed by atoms with Gasteiger partial charge in [0.1, 0.15) is 15.5 Å². The fourth-order valence-corrected chi connectivity index (χ4v) is 6.61. The predicted octanol–water partition coefficient (Wildman–Crippen LogP) is 5.19. The number of hydrogen-bond donors (Lipinski definition) is 5. The first-order chi connectivity index (χ1) is 21.5. The van der Waals surface area contributed by atoms with Crippen LogP contribution >= 0.6 is 0 Å². The van der Waals surface area contributed by atoms with E-state index in [1.54, 1.807) is 18.2 Å². The molecule has 0 amide bonds. The number of aromatic hydroxyl groups is 1. The van der Waals surface area contributed by atoms with Crippen molar-refractivity contribution in [2.24, 2.45) is 20.5 Å². The van der Waals surface area contributed by atoms with Crippen LogP contribution in [0.25, 0.3) is 10.8 Å². The molecule has 4 aromatic rings. The first-order valence-corrected chi connectivity index (χ1v) is 17.0. The van der Waals surface area contributed by atoms with Gasteiger partial charge in [0.15, 0.2) is 5.75 Å². The van der Waals surface area contributed by atoms with Gasteiger partial charge in [-0.15, -0.1) is 5.11 Å². The van der Waals surface area contributed by atoms with Gasteiger partial charge < -0.3 is 10.8 Å². The molecule has 0 aromatic heterocycles. The maximum Gasteiger partial charge on any atom is 0.296 e. The highest BCUT2D eigenvalue weighted by atomic mass is 32.2. The second-order valence-electron chi connectivity index (χ2n) is 9.78. The van der Waals surface area contributed by atoms with Gasteiger partial charge in [-0.1, -0.05) is 12.1 Å². The van der Waals surface area contributed by atoms with Crippen LogP contribution in [0.4, 0.5) is 28.4 Å². The van der Waals surface area contributed by atoms with Crippen LogP contribution in [0.2, 0.25) is 0 Å². The molecular formula is C27H20N6O10S3. The monoisotopic (exact) mass is 684 g/mol. The Balaban J connectivity index is 1.66. The second-order valence-corrected chi connectivity index (χ2v) is 14.0. The number of hydrogen-bond acceptors (Lipinski definition) is 13. The average molecular weight is 685 g/mol. The van der Waals surface area contributed by atoms with Crippen LogP contribution in [0.3, 0.4) is 0 Å². The van der Waals surface area contributed by atoms with E-state index in [4.69, 9.17) is 11.0 Å². The van der Waals surface area contributed by atoms with E-state index in [1.807, 2.05) is 6.07 Å². The standard InChI is InChI=1S/C27H20N6O10S3/c28-13-14-2-1-3-16(8-14)30-31-22-6-7-23(20-11-17(44(35,36)37)4-5-18(20)22)32-33-26-25(46(41,42)43)10-15-9-24(45(38,39)40)21(29)12-19(15)27(26)34/h1-4,6-10,12,34H,5,11,29H2,(H,35,36,37)(H,38,39,40)(H,41,42,43). The van der Waals surface area contributed by atoms with Crippen molar-refractivity contribution in [1.82, 2.24) is 0 Å². The summed E-state index contributed by atoms with van der Waals surface area (Å²) in [6, 6.07) is 13.6. The minimum Gasteiger partial charge on any atom is -0.505 e. The van der Waals surface area contributed by atoms with Gasteiger partial charge in [-0.3, -0.25) is 13.7 Å². The number of anilines is 1. The number of phenolic OH excluding ortho intramolecular Hbond substituents is 1. The van der Waals surface area contributed by atoms with Crippen LogP contribution in [-0.4, -0.2) is 44.0 Å². The Hall–Kier alpha value is -5.10. The number of nitriles is 1. The number of azo groups is 2. The van der Waals surface area contributed by atoms with Crippen molar-refractivity contribution < 1.29 is 44.0 Å². The van der Waals surface area contributed by atoms with Crippen molar-refractivity contribution in [3.63, 3.8) is 0 Å². The van der Waals surface area contributed by atoms with E-state index in [1.165, 1.54) is 24.3 Å². The maximum absolute atomic E-state index is 12.3. The summed E-state index contributed by atoms with van der Waals surface area (Å²) in [7, 11) is -14.6. The quantitative estimate of drug-likeness (QED) is 0.0954. The molecule has 1 aliphatic carbocycles. The first-order valence-electron chi connectivity index (χ1n) is 12.7. The summed E-state index contributed by atoms with van der Waals surface area (Å²) in [4.78, 5) is -2.12. The highest BCUT2D eigenvalue weighted by molar-refractivity contribution is 7.89. The molecule has 5 rings (SSSR count). The van der Waals surface area contributed by atoms with Crippen molar-refractivity contribution in [3.05, 3.63) is 82.3 Å². The third-order valence-electron chi connectivity index (χ3n) is 6.84. The Labute approximate surface area is 261 Å². The van der Waals surface area contributed by atoms with Crippen LogP contribution < -0.4 is 5.73 Å². The van der Waals surface area contributed by atoms with Gasteiger partial charge in [0.05, 0.1) is 39.3 Å². The molecule has 0 radical (unpaired) electrons. The van der Waals surface area contributed by atoms with Gasteiger partial charge >= 0.3 is 0 Å². The number of nitrogens with two attached hydrogens (primary N) is 1. The average Bonchev–Trinajstić information content (AvgIpc) is 2.98. The summed E-state index contributed by atoms with van der Waals surface area (Å²) in [6.07, 6.45) is 0.845. The third-order valence-corrected chi connectivity index (χ3v) is 9.59. The predicted molar refractivity (Wildman–Crippen MR) is 163 cm³/mol. The molecule has 46 heavy (non-hydrogen) atoms. The molecule has 16 nitrogen and oxygen atoms in total. The number of phenols is 1. The van der Waals surface area contributed by atoms with E-state index in [0.717, 1.165) is 18.2 Å². The van der Waals surface area contributed by atoms with Gasteiger partial charge in [-0.25, -0.2) is 0 Å². The molecule has 0 atom stereocenters. The Morgan fingerprint density at radius 2 is 1.39 bits per heavy atom. The normalized spacial score (nSPS) is 14.0. The summed E-state index contributed by atoms with van der Waals surface area (Å²) >= 11 is 0. The smallest absolute Gasteiger partial charge is 0.296 e. The zero-order valence-electron chi connectivity index (χ0n) is 23.0. The van der Waals surface area contributed by atoms with Crippen molar-refractivity contribution in [2.45, 2.75) is 22.6 Å². The summed E-state index contributed by atoms with van der Waals surface area (Å²) in [5.41, 5.74) is 6.03. The lowest BCUT2D eigenvalue weighted by molar-refractivity contribution is 0.472. The van der Waals surface area contributed by atoms with Gasteiger partial charge in [0.2, 0.25) is 0 Å². The fraction of sp³-hybridized carbons (Fsp3) is 0.0741. The fourth-order valence-electron chi connectivity index (χ4n) is 4.70. The van der Waals surface area contributed by atoms with E-state index in [9.17, 15) is 44.0 Å². The molecular weight excluding hydrogens is 665 g/mol. The maximum atomic E-state index is 12.3. The second kappa shape index (κ2) is 11.7. The molecule has 4 aromatic carbocycles. The largest absolute Gasteiger partial charge is 0.505 e. The number of fused-ring (bicyclic) bond motifs is 2. The highest BCUT2D eigenvalue weighted by Crippen LogP contribution is 2.44. The van der Waals surface area contributed by atoms with Crippen LogP contribution in [0, 0.1) is 11.3 Å². The Bertz CT molecular complexity index is 2430. The molecule has 0 fully saturated rings. The lowest BCUT2D eigenvalue weighted by Gasteiger charge is -2.18. The number of nitrogens with zero attached hydrogens (tertiary/aromatic N) is 5. The van der Waals surface area contributed by atoms with Crippen molar-refractivity contribution in [3.8, 4) is 11.8 Å². The molecule has 6 N–H and O–H groups in total. The molecule has 1 aliphatic rings. The van der Waals surface area contributed by atoms with E-state index >= 15 is 0 Å². The van der Waals surface area contributed by atoms with Crippen LogP contribution in [0.15, 0.2) is 95.8 Å². The van der Waals surface area contributed by atoms with E-state index in [2.05, 4.69) is 20.5 Å². The first kappa shape index (κ1) is 32.3. The summed E-state index contributed by atoms with van der Waals surface area (Å²) < 4.78 is 101. The zero-order valence-corrected chi connectivity index (χ0v) is 25.4. The van der Waals surface area contributed by atoms with Crippen LogP contribution in [-0.2, 0) is 43.2 Å². The van der Waals surface area contributed by atoms with Crippen molar-refractivity contribution in [1.29, 1.82) is 5.26 Å². The molecule has 0 saturated heterocycles. The van der Waals surface area contributed by atoms with Crippen molar-refractivity contribution >= 4 is 69.6 Å². The SMILES string of the molecule is N#Cc1cccc(N=Nc2ccc(N=Nc3c(S(=O)(=O)O)cc4cc(S(=O)(=O)O)c(N)cc4c3O)c3c2CC=C(S(=O)(=O)O)C3)c1. The lowest BCUT2D eigenvalue weighted by Crippen LogP contribution is -2.11. The Kier molecular flexibility index (Phi) is 8.20. The van der Waals surface area contributed by atoms with Gasteiger partial charge in [-0.05, 0) is 71.5 Å². The number of allylic oxidation sites excluding steroid dienone is 2. The zero-order chi connectivity index (χ0) is 33.6. The highest BCUT2D eigenvalue weighted by Gasteiger charge is 2.27. The van der Waals surface area contributed by atoms with Crippen LogP contribution in [0.1, 0.15) is 16.7 Å². The minimum atomic E-state index is -5.13. The third kappa shape index (κ3) is 6.47. The molecule has 0 unspecified atom stereocenters. The van der Waals surface area contributed by atoms with Crippen LogP contribution in [0.5, 0.6) is 5.75 Å². The van der Waals surface area contributed by atoms with E-state index in [0.29, 0.717) is 16.8 Å². The molecule has 0 heterocycles. The molecule has 19 heteroatoms. The molecule has 0 spiro atoms. The molecule has 0 saturated carbocycles. The number of nitrogen functional groups attached to an aromatic ring is 1. The summed E-state index contributed by atoms with van der Waals surface area (Å²) in [6.45, 7) is 0. The number of benzene rings is 4. The minimum absolute atomic E-state index is 0.0308. The topological polar surface area (TPSA) is 283 Å². The van der Waals surface area contributed by atoms with Gasteiger partial charge in [0, 0.05) is 11.8 Å². The van der Waals surface area contributed by atoms with Crippen molar-refractivity contribution in [2.75, 3.05) is 5.73 Å². The van der Waals surface area contributed by atoms with E-state index in [-0.39, 0.29) is 45.5 Å². The Morgan fingerprint density at radius 1 is 0.761 bits per heavy atom. The molecule has 236 valence electrons. The summed E-state index contributed by atoms with van der Waals surface area (Å²) in [5.74, 6) is -0.875. The van der Waals surface area contributed by atoms with Gasteiger partial charge in [-0.2, -0.15) is 45.9 Å². The van der Waals surface area contributed by atoms with Gasteiger partial charge in [0.25, 0.3) is 30.4 Å². The molecule has 0 aliphatic heterocycles. The number of rotatable bonds is 7. The Morgan fingerprint density at radius 3 is 2.02 bits per heavy atom. The molecule has 0 bridgehead atoms. The summed E-state index contributed by atoms with van der Waals surface area (Å²) in [5, 5.41) is 35.9. The lowest BCUT2D eigenvalue weighted by atomic mass is 9.93. The van der Waals surface area contributed by atoms with E-state index < -0.39 is 57.3 Å².